The Labute approximate surface area is 133 Å². The van der Waals surface area contributed by atoms with Crippen LogP contribution in [0.25, 0.3) is 0 Å². The van der Waals surface area contributed by atoms with E-state index in [1.807, 2.05) is 4.90 Å². The van der Waals surface area contributed by atoms with Crippen molar-refractivity contribution < 1.29 is 14.3 Å². The first-order valence-corrected chi connectivity index (χ1v) is 8.38. The van der Waals surface area contributed by atoms with Crippen molar-refractivity contribution in [1.29, 1.82) is 0 Å². The van der Waals surface area contributed by atoms with Crippen molar-refractivity contribution in [2.75, 3.05) is 53.0 Å². The molecule has 0 bridgehead atoms. The highest BCUT2D eigenvalue weighted by atomic mass is 16.5. The van der Waals surface area contributed by atoms with E-state index in [1.54, 1.807) is 7.11 Å². The third-order valence-corrected chi connectivity index (χ3v) is 4.64. The zero-order chi connectivity index (χ0) is 15.9. The van der Waals surface area contributed by atoms with Crippen molar-refractivity contribution >= 4 is 11.8 Å². The summed E-state index contributed by atoms with van der Waals surface area (Å²) in [4.78, 5) is 28.2. The Balaban J connectivity index is 1.63. The molecule has 22 heavy (non-hydrogen) atoms. The van der Waals surface area contributed by atoms with E-state index in [-0.39, 0.29) is 17.7 Å². The summed E-state index contributed by atoms with van der Waals surface area (Å²) >= 11 is 0. The molecule has 2 aliphatic rings. The Kier molecular flexibility index (Phi) is 6.64. The molecule has 1 aliphatic heterocycles. The summed E-state index contributed by atoms with van der Waals surface area (Å²) in [5, 5.41) is 2.88. The molecule has 0 aromatic rings. The molecule has 0 aromatic heterocycles. The molecule has 1 heterocycles. The first-order valence-electron chi connectivity index (χ1n) is 8.38. The maximum atomic E-state index is 12.2. The highest BCUT2D eigenvalue weighted by molar-refractivity contribution is 5.82. The summed E-state index contributed by atoms with van der Waals surface area (Å²) in [6.45, 7) is 7.72. The molecular weight excluding hydrogens is 282 g/mol. The first kappa shape index (κ1) is 17.2. The number of hydrogen-bond acceptors (Lipinski definition) is 4. The molecule has 1 N–H and O–H groups in total. The molecule has 1 aliphatic carbocycles. The molecule has 2 fully saturated rings. The quantitative estimate of drug-likeness (QED) is 0.736. The highest BCUT2D eigenvalue weighted by Gasteiger charge is 2.38. The number of rotatable bonds is 7. The number of ether oxygens (including phenoxy) is 1. The molecular formula is C16H29N3O3. The predicted molar refractivity (Wildman–Crippen MR) is 84.4 cm³/mol. The summed E-state index contributed by atoms with van der Waals surface area (Å²) in [6, 6.07) is 0. The van der Waals surface area contributed by atoms with Gasteiger partial charge in [-0.2, -0.15) is 0 Å². The number of nitrogens with one attached hydrogen (secondary N) is 1. The van der Waals surface area contributed by atoms with Gasteiger partial charge in [0.15, 0.2) is 0 Å². The second-order valence-electron chi connectivity index (χ2n) is 6.43. The average Bonchev–Trinajstić information content (AvgIpc) is 3.27. The third-order valence-electron chi connectivity index (χ3n) is 4.64. The Morgan fingerprint density at radius 1 is 1.23 bits per heavy atom. The summed E-state index contributed by atoms with van der Waals surface area (Å²) in [5.41, 5.74) is 0. The number of nitrogens with zero attached hydrogens (tertiary/aromatic N) is 2. The number of amides is 2. The van der Waals surface area contributed by atoms with Crippen molar-refractivity contribution in [1.82, 2.24) is 15.1 Å². The monoisotopic (exact) mass is 311 g/mol. The second kappa shape index (κ2) is 8.48. The molecule has 0 radical (unpaired) electrons. The lowest BCUT2D eigenvalue weighted by Crippen LogP contribution is -2.38. The fourth-order valence-electron chi connectivity index (χ4n) is 2.93. The SMILES string of the molecule is COCCN1CCCN(C(=O)CCNC(=O)[C@H]2C[C@H]2C)CC1. The van der Waals surface area contributed by atoms with Gasteiger partial charge in [0.2, 0.25) is 11.8 Å². The van der Waals surface area contributed by atoms with Crippen LogP contribution in [0.3, 0.4) is 0 Å². The van der Waals surface area contributed by atoms with Crippen molar-refractivity contribution in [2.45, 2.75) is 26.2 Å². The lowest BCUT2D eigenvalue weighted by atomic mass is 10.3. The number of methoxy groups -OCH3 is 1. The second-order valence-corrected chi connectivity index (χ2v) is 6.43. The van der Waals surface area contributed by atoms with Crippen molar-refractivity contribution in [3.63, 3.8) is 0 Å². The van der Waals surface area contributed by atoms with Gasteiger partial charge in [0, 0.05) is 52.2 Å². The zero-order valence-electron chi connectivity index (χ0n) is 13.8. The van der Waals surface area contributed by atoms with Crippen LogP contribution in [0.2, 0.25) is 0 Å². The van der Waals surface area contributed by atoms with E-state index >= 15 is 0 Å². The average molecular weight is 311 g/mol. The number of hydrogen-bond donors (Lipinski definition) is 1. The van der Waals surface area contributed by atoms with Gasteiger partial charge in [-0.3, -0.25) is 14.5 Å². The third kappa shape index (κ3) is 5.25. The van der Waals surface area contributed by atoms with Gasteiger partial charge in [-0.25, -0.2) is 0 Å². The topological polar surface area (TPSA) is 61.9 Å². The van der Waals surface area contributed by atoms with Gasteiger partial charge >= 0.3 is 0 Å². The molecule has 1 saturated carbocycles. The minimum Gasteiger partial charge on any atom is -0.383 e. The van der Waals surface area contributed by atoms with Gasteiger partial charge in [0.25, 0.3) is 0 Å². The van der Waals surface area contributed by atoms with Gasteiger partial charge in [-0.05, 0) is 25.3 Å². The zero-order valence-corrected chi connectivity index (χ0v) is 13.8. The summed E-state index contributed by atoms with van der Waals surface area (Å²) in [7, 11) is 1.71. The molecule has 0 spiro atoms. The van der Waals surface area contributed by atoms with Crippen LogP contribution in [-0.2, 0) is 14.3 Å². The van der Waals surface area contributed by atoms with E-state index < -0.39 is 0 Å². The van der Waals surface area contributed by atoms with Crippen LogP contribution in [0.5, 0.6) is 0 Å². The predicted octanol–water partition coefficient (Wildman–Crippen LogP) is 0.329. The van der Waals surface area contributed by atoms with Crippen molar-refractivity contribution in [3.05, 3.63) is 0 Å². The van der Waals surface area contributed by atoms with Crippen LogP contribution < -0.4 is 5.32 Å². The Morgan fingerprint density at radius 3 is 2.68 bits per heavy atom. The van der Waals surface area contributed by atoms with E-state index in [2.05, 4.69) is 17.1 Å². The number of carbonyl (C=O) groups is 2. The lowest BCUT2D eigenvalue weighted by Gasteiger charge is -2.22. The smallest absolute Gasteiger partial charge is 0.224 e. The molecule has 2 atom stereocenters. The number of carbonyl (C=O) groups excluding carboxylic acids is 2. The van der Waals surface area contributed by atoms with Gasteiger partial charge in [0.05, 0.1) is 6.61 Å². The summed E-state index contributed by atoms with van der Waals surface area (Å²) in [6.07, 6.45) is 2.40. The van der Waals surface area contributed by atoms with Crippen molar-refractivity contribution in [3.8, 4) is 0 Å². The first-order chi connectivity index (χ1) is 10.6. The lowest BCUT2D eigenvalue weighted by molar-refractivity contribution is -0.131. The van der Waals surface area contributed by atoms with Crippen LogP contribution >= 0.6 is 0 Å². The van der Waals surface area contributed by atoms with E-state index in [1.165, 1.54) is 0 Å². The van der Waals surface area contributed by atoms with Crippen LogP contribution in [0.15, 0.2) is 0 Å². The van der Waals surface area contributed by atoms with E-state index in [4.69, 9.17) is 4.74 Å². The molecule has 0 unspecified atom stereocenters. The van der Waals surface area contributed by atoms with Crippen LogP contribution in [0.1, 0.15) is 26.2 Å². The molecule has 2 amide bonds. The van der Waals surface area contributed by atoms with E-state index in [0.717, 1.165) is 52.2 Å². The Hall–Kier alpha value is -1.14. The Morgan fingerprint density at radius 2 is 2.00 bits per heavy atom. The van der Waals surface area contributed by atoms with Crippen molar-refractivity contribution in [2.24, 2.45) is 11.8 Å². The normalized spacial score (nSPS) is 25.6. The van der Waals surface area contributed by atoms with Gasteiger partial charge in [-0.1, -0.05) is 6.92 Å². The maximum absolute atomic E-state index is 12.2. The Bertz CT molecular complexity index is 389. The molecule has 6 heteroatoms. The largest absolute Gasteiger partial charge is 0.383 e. The minimum atomic E-state index is 0.113. The standard InChI is InChI=1S/C16H29N3O3/c1-13-12-14(13)16(21)17-5-4-15(20)19-7-3-6-18(8-9-19)10-11-22-2/h13-14H,3-12H2,1-2H3,(H,17,21)/t13-,14+/m1/s1. The van der Waals surface area contributed by atoms with Gasteiger partial charge < -0.3 is 15.0 Å². The molecule has 0 aromatic carbocycles. The maximum Gasteiger partial charge on any atom is 0.224 e. The minimum absolute atomic E-state index is 0.113. The molecule has 1 saturated heterocycles. The fourth-order valence-corrected chi connectivity index (χ4v) is 2.93. The fraction of sp³-hybridized carbons (Fsp3) is 0.875. The molecule has 6 nitrogen and oxygen atoms in total. The van der Waals surface area contributed by atoms with Crippen LogP contribution in [0.4, 0.5) is 0 Å². The molecule has 2 rings (SSSR count). The van der Waals surface area contributed by atoms with E-state index in [9.17, 15) is 9.59 Å². The van der Waals surface area contributed by atoms with Gasteiger partial charge in [-0.15, -0.1) is 0 Å². The highest BCUT2D eigenvalue weighted by Crippen LogP contribution is 2.37. The van der Waals surface area contributed by atoms with Gasteiger partial charge in [0.1, 0.15) is 0 Å². The summed E-state index contributed by atoms with van der Waals surface area (Å²) in [5.74, 6) is 0.960. The molecule has 126 valence electrons. The summed E-state index contributed by atoms with van der Waals surface area (Å²) < 4.78 is 5.10. The van der Waals surface area contributed by atoms with E-state index in [0.29, 0.717) is 18.9 Å². The van der Waals surface area contributed by atoms with Crippen LogP contribution in [-0.4, -0.2) is 74.6 Å². The van der Waals surface area contributed by atoms with Crippen LogP contribution in [0, 0.1) is 11.8 Å².